The summed E-state index contributed by atoms with van der Waals surface area (Å²) in [5.74, 6) is 0.0602. The zero-order chi connectivity index (χ0) is 21.1. The molecule has 6 nitrogen and oxygen atoms in total. The molecule has 9 heteroatoms. The first kappa shape index (κ1) is 22.3. The predicted molar refractivity (Wildman–Crippen MR) is 113 cm³/mol. The monoisotopic (exact) mass is 444 g/mol. The van der Waals surface area contributed by atoms with Crippen LogP contribution in [0.5, 0.6) is 5.75 Å². The van der Waals surface area contributed by atoms with E-state index >= 15 is 0 Å². The first-order chi connectivity index (χ1) is 13.0. The van der Waals surface area contributed by atoms with Crippen molar-refractivity contribution in [3.63, 3.8) is 0 Å². The Morgan fingerprint density at radius 1 is 1.14 bits per heavy atom. The average molecular weight is 445 g/mol. The van der Waals surface area contributed by atoms with E-state index in [-0.39, 0.29) is 16.6 Å². The van der Waals surface area contributed by atoms with Crippen LogP contribution in [0.3, 0.4) is 0 Å². The van der Waals surface area contributed by atoms with Crippen LogP contribution >= 0.6 is 23.2 Å². The van der Waals surface area contributed by atoms with Crippen LogP contribution in [0.15, 0.2) is 42.5 Å². The molecule has 1 atom stereocenters. The highest BCUT2D eigenvalue weighted by atomic mass is 35.5. The van der Waals surface area contributed by atoms with Crippen LogP contribution in [0, 0.1) is 0 Å². The van der Waals surface area contributed by atoms with Gasteiger partial charge in [0.05, 0.1) is 24.1 Å². The molecule has 0 radical (unpaired) electrons. The fourth-order valence-corrected chi connectivity index (χ4v) is 4.39. The minimum atomic E-state index is -3.74. The number of carbonyl (C=O) groups is 1. The zero-order valence-corrected chi connectivity index (χ0v) is 18.3. The molecule has 0 aromatic heterocycles. The number of nitrogens with zero attached hydrogens (tertiary/aromatic N) is 2. The van der Waals surface area contributed by atoms with E-state index in [1.165, 1.54) is 18.1 Å². The second-order valence-electron chi connectivity index (χ2n) is 6.37. The van der Waals surface area contributed by atoms with Crippen LogP contribution in [0.2, 0.25) is 10.0 Å². The summed E-state index contributed by atoms with van der Waals surface area (Å²) in [6.07, 6.45) is 1.05. The number of halogens is 2. The van der Waals surface area contributed by atoms with Crippen LogP contribution in [0.1, 0.15) is 12.5 Å². The summed E-state index contributed by atoms with van der Waals surface area (Å²) in [6.45, 7) is 1.86. The number of amides is 1. The van der Waals surface area contributed by atoms with Gasteiger partial charge in [0.2, 0.25) is 15.9 Å². The molecular formula is C19H22Cl2N2O4S. The standard InChI is InChI=1S/C19H22Cl2N2O4S/c1-13(19(24)22(2)12-14-5-7-15(20)8-6-14)23(28(4,25)26)16-9-10-18(27-3)17(21)11-16/h5-11,13H,12H2,1-4H3/t13-/m1/s1. The van der Waals surface area contributed by atoms with E-state index in [4.69, 9.17) is 27.9 Å². The van der Waals surface area contributed by atoms with Crippen molar-refractivity contribution in [1.29, 1.82) is 0 Å². The van der Waals surface area contributed by atoms with Gasteiger partial charge in [0.25, 0.3) is 0 Å². The van der Waals surface area contributed by atoms with Crippen LogP contribution in [0.4, 0.5) is 5.69 Å². The van der Waals surface area contributed by atoms with E-state index in [1.807, 2.05) is 12.1 Å². The Kier molecular flexibility index (Phi) is 7.20. The molecule has 0 aliphatic rings. The topological polar surface area (TPSA) is 66.9 Å². The summed E-state index contributed by atoms with van der Waals surface area (Å²) in [5.41, 5.74) is 1.17. The van der Waals surface area contributed by atoms with Crippen molar-refractivity contribution in [2.45, 2.75) is 19.5 Å². The zero-order valence-electron chi connectivity index (χ0n) is 16.0. The summed E-state index contributed by atoms with van der Waals surface area (Å²) < 4.78 is 31.0. The number of benzene rings is 2. The Labute approximate surface area is 175 Å². The number of carbonyl (C=O) groups excluding carboxylic acids is 1. The van der Waals surface area contributed by atoms with Crippen molar-refractivity contribution in [2.24, 2.45) is 0 Å². The normalized spacial score (nSPS) is 12.4. The highest BCUT2D eigenvalue weighted by Crippen LogP contribution is 2.31. The second-order valence-corrected chi connectivity index (χ2v) is 9.08. The first-order valence-corrected chi connectivity index (χ1v) is 11.0. The molecule has 0 aliphatic carbocycles. The molecule has 0 saturated heterocycles. The largest absolute Gasteiger partial charge is 0.495 e. The summed E-state index contributed by atoms with van der Waals surface area (Å²) in [5, 5.41) is 0.855. The van der Waals surface area contributed by atoms with Crippen molar-refractivity contribution in [2.75, 3.05) is 24.7 Å². The van der Waals surface area contributed by atoms with Gasteiger partial charge < -0.3 is 9.64 Å². The maximum Gasteiger partial charge on any atom is 0.246 e. The molecular weight excluding hydrogens is 423 g/mol. The molecule has 0 saturated carbocycles. The SMILES string of the molecule is COc1ccc(N([C@H](C)C(=O)N(C)Cc2ccc(Cl)cc2)S(C)(=O)=O)cc1Cl. The van der Waals surface area contributed by atoms with E-state index in [2.05, 4.69) is 0 Å². The van der Waals surface area contributed by atoms with Gasteiger partial charge in [0.15, 0.2) is 0 Å². The molecule has 0 spiro atoms. The number of anilines is 1. The molecule has 0 heterocycles. The Morgan fingerprint density at radius 2 is 1.75 bits per heavy atom. The number of rotatable bonds is 7. The van der Waals surface area contributed by atoms with Crippen molar-refractivity contribution < 1.29 is 17.9 Å². The van der Waals surface area contributed by atoms with Gasteiger partial charge in [-0.25, -0.2) is 8.42 Å². The lowest BCUT2D eigenvalue weighted by Gasteiger charge is -2.31. The van der Waals surface area contributed by atoms with Crippen LogP contribution < -0.4 is 9.04 Å². The quantitative estimate of drug-likeness (QED) is 0.650. The lowest BCUT2D eigenvalue weighted by Crippen LogP contribution is -2.48. The first-order valence-electron chi connectivity index (χ1n) is 8.37. The van der Waals surface area contributed by atoms with E-state index < -0.39 is 16.1 Å². The van der Waals surface area contributed by atoms with Crippen molar-refractivity contribution in [3.8, 4) is 5.75 Å². The Morgan fingerprint density at radius 3 is 2.25 bits per heavy atom. The minimum absolute atomic E-state index is 0.253. The van der Waals surface area contributed by atoms with E-state index in [9.17, 15) is 13.2 Å². The van der Waals surface area contributed by atoms with Gasteiger partial charge in [0, 0.05) is 18.6 Å². The highest BCUT2D eigenvalue weighted by Gasteiger charge is 2.31. The number of methoxy groups -OCH3 is 1. The Bertz CT molecular complexity index is 949. The maximum absolute atomic E-state index is 12.9. The predicted octanol–water partition coefficient (Wildman–Crippen LogP) is 3.82. The van der Waals surface area contributed by atoms with E-state index in [0.717, 1.165) is 16.1 Å². The smallest absolute Gasteiger partial charge is 0.246 e. The fourth-order valence-electron chi connectivity index (χ4n) is 2.86. The molecule has 28 heavy (non-hydrogen) atoms. The van der Waals surface area contributed by atoms with Gasteiger partial charge in [-0.3, -0.25) is 9.10 Å². The van der Waals surface area contributed by atoms with Gasteiger partial charge in [0.1, 0.15) is 11.8 Å². The van der Waals surface area contributed by atoms with Gasteiger partial charge in [-0.2, -0.15) is 0 Å². The van der Waals surface area contributed by atoms with E-state index in [0.29, 0.717) is 17.3 Å². The van der Waals surface area contributed by atoms with Gasteiger partial charge in [-0.15, -0.1) is 0 Å². The molecule has 2 rings (SSSR count). The third-order valence-electron chi connectivity index (χ3n) is 4.17. The number of hydrogen-bond acceptors (Lipinski definition) is 4. The summed E-state index contributed by atoms with van der Waals surface area (Å²) >= 11 is 12.0. The molecule has 0 aliphatic heterocycles. The molecule has 0 fully saturated rings. The molecule has 0 unspecified atom stereocenters. The number of hydrogen-bond donors (Lipinski definition) is 0. The molecule has 0 bridgehead atoms. The Hall–Kier alpha value is -1.96. The van der Waals surface area contributed by atoms with Gasteiger partial charge in [-0.05, 0) is 42.8 Å². The molecule has 2 aromatic carbocycles. The van der Waals surface area contributed by atoms with Crippen molar-refractivity contribution in [3.05, 3.63) is 58.1 Å². The summed E-state index contributed by atoms with van der Waals surface area (Å²) in [4.78, 5) is 14.4. The van der Waals surface area contributed by atoms with Crippen molar-refractivity contribution in [1.82, 2.24) is 4.90 Å². The maximum atomic E-state index is 12.9. The number of likely N-dealkylation sites (N-methyl/N-ethyl adjacent to an activating group) is 1. The lowest BCUT2D eigenvalue weighted by molar-refractivity contribution is -0.131. The van der Waals surface area contributed by atoms with Crippen LogP contribution in [-0.2, 0) is 21.4 Å². The molecule has 152 valence electrons. The molecule has 2 aromatic rings. The fraction of sp³-hybridized carbons (Fsp3) is 0.316. The average Bonchev–Trinajstić information content (AvgIpc) is 2.62. The molecule has 1 amide bonds. The van der Waals surface area contributed by atoms with Gasteiger partial charge >= 0.3 is 0 Å². The van der Waals surface area contributed by atoms with E-state index in [1.54, 1.807) is 38.2 Å². The summed E-state index contributed by atoms with van der Waals surface area (Å²) in [6, 6.07) is 10.7. The molecule has 0 N–H and O–H groups in total. The number of sulfonamides is 1. The lowest BCUT2D eigenvalue weighted by atomic mass is 10.2. The third-order valence-corrected chi connectivity index (χ3v) is 5.95. The van der Waals surface area contributed by atoms with Crippen LogP contribution in [-0.4, -0.2) is 45.7 Å². The van der Waals surface area contributed by atoms with Crippen molar-refractivity contribution >= 4 is 44.8 Å². The third kappa shape index (κ3) is 5.31. The highest BCUT2D eigenvalue weighted by molar-refractivity contribution is 7.92. The Balaban J connectivity index is 2.29. The van der Waals surface area contributed by atoms with Gasteiger partial charge in [-0.1, -0.05) is 35.3 Å². The second kappa shape index (κ2) is 9.03. The van der Waals surface area contributed by atoms with Crippen LogP contribution in [0.25, 0.3) is 0 Å². The minimum Gasteiger partial charge on any atom is -0.495 e. The number of ether oxygens (including phenoxy) is 1. The summed E-state index contributed by atoms with van der Waals surface area (Å²) in [7, 11) is -0.656.